The Balaban J connectivity index is 2.56. The number of hydrogen-bond acceptors (Lipinski definition) is 4. The van der Waals surface area contributed by atoms with Crippen LogP contribution in [0, 0.1) is 0 Å². The molecule has 0 saturated carbocycles. The van der Waals surface area contributed by atoms with Crippen LogP contribution in [0.1, 0.15) is 13.8 Å². The number of rotatable bonds is 0. The predicted molar refractivity (Wildman–Crippen MR) is 51.6 cm³/mol. The van der Waals surface area contributed by atoms with Crippen molar-refractivity contribution in [2.24, 2.45) is 0 Å². The maximum absolute atomic E-state index is 11.7. The summed E-state index contributed by atoms with van der Waals surface area (Å²) in [7, 11) is 0. The Kier molecular flexibility index (Phi) is 1.91. The van der Waals surface area contributed by atoms with Gasteiger partial charge < -0.3 is 9.84 Å². The molecule has 1 atom stereocenters. The van der Waals surface area contributed by atoms with Gasteiger partial charge in [0.15, 0.2) is 11.4 Å². The molecule has 15 heavy (non-hydrogen) atoms. The van der Waals surface area contributed by atoms with Gasteiger partial charge in [0.05, 0.1) is 5.57 Å². The molecule has 1 aliphatic heterocycles. The lowest BCUT2D eigenvalue weighted by molar-refractivity contribution is -0.144. The van der Waals surface area contributed by atoms with Crippen LogP contribution in [0.5, 0.6) is 0 Å². The topological polar surface area (TPSA) is 63.6 Å². The lowest BCUT2D eigenvalue weighted by Gasteiger charge is -2.27. The summed E-state index contributed by atoms with van der Waals surface area (Å²) < 4.78 is 5.06. The quantitative estimate of drug-likeness (QED) is 0.590. The van der Waals surface area contributed by atoms with Gasteiger partial charge in [-0.1, -0.05) is 0 Å². The molecule has 0 aromatic rings. The minimum Gasteiger partial charge on any atom is -0.469 e. The van der Waals surface area contributed by atoms with Crippen molar-refractivity contribution in [2.75, 3.05) is 0 Å². The van der Waals surface area contributed by atoms with Gasteiger partial charge in [0.1, 0.15) is 12.0 Å². The summed E-state index contributed by atoms with van der Waals surface area (Å²) in [6.07, 6.45) is 4.13. The molecule has 2 rings (SSSR count). The second-order valence-corrected chi connectivity index (χ2v) is 3.77. The van der Waals surface area contributed by atoms with Crippen LogP contribution >= 0.6 is 0 Å². The number of allylic oxidation sites excluding steroid dienone is 3. The number of Topliss-reactive ketones (excluding diaryl/α,β-unsaturated/α-hetero) is 1. The van der Waals surface area contributed by atoms with Crippen molar-refractivity contribution < 1.29 is 19.4 Å². The first kappa shape index (κ1) is 9.86. The Morgan fingerprint density at radius 1 is 1.33 bits per heavy atom. The normalized spacial score (nSPS) is 29.9. The number of ketones is 2. The lowest BCUT2D eigenvalue weighted by Crippen LogP contribution is -2.46. The standard InChI is InChI=1S/C11H10O4/c1-6-3-7-4-9(12)11(2,14)10(13)8(7)5-15-6/h3-5,14H,1-2H3/t11-/m1/s1. The van der Waals surface area contributed by atoms with E-state index in [0.29, 0.717) is 11.3 Å². The number of aliphatic hydroxyl groups is 1. The van der Waals surface area contributed by atoms with E-state index < -0.39 is 17.2 Å². The third kappa shape index (κ3) is 1.34. The highest BCUT2D eigenvalue weighted by molar-refractivity contribution is 6.25. The van der Waals surface area contributed by atoms with Gasteiger partial charge in [0, 0.05) is 0 Å². The fourth-order valence-corrected chi connectivity index (χ4v) is 1.51. The monoisotopic (exact) mass is 206 g/mol. The van der Waals surface area contributed by atoms with E-state index in [0.717, 1.165) is 0 Å². The fraction of sp³-hybridized carbons (Fsp3) is 0.273. The average molecular weight is 206 g/mol. The predicted octanol–water partition coefficient (Wildman–Crippen LogP) is 0.633. The summed E-state index contributed by atoms with van der Waals surface area (Å²) in [6.45, 7) is 2.91. The molecule has 78 valence electrons. The Morgan fingerprint density at radius 3 is 2.67 bits per heavy atom. The van der Waals surface area contributed by atoms with Crippen LogP contribution in [0.3, 0.4) is 0 Å². The molecule has 0 spiro atoms. The van der Waals surface area contributed by atoms with Crippen molar-refractivity contribution >= 4 is 11.6 Å². The molecular formula is C11H10O4. The zero-order valence-electron chi connectivity index (χ0n) is 8.40. The smallest absolute Gasteiger partial charge is 0.205 e. The van der Waals surface area contributed by atoms with E-state index in [4.69, 9.17) is 4.74 Å². The molecule has 2 aliphatic rings. The minimum atomic E-state index is -1.96. The van der Waals surface area contributed by atoms with Crippen molar-refractivity contribution in [2.45, 2.75) is 19.4 Å². The van der Waals surface area contributed by atoms with Gasteiger partial charge in [-0.05, 0) is 31.6 Å². The summed E-state index contributed by atoms with van der Waals surface area (Å²) in [5.74, 6) is -0.605. The largest absolute Gasteiger partial charge is 0.469 e. The summed E-state index contributed by atoms with van der Waals surface area (Å²) in [5, 5.41) is 9.66. The number of fused-ring (bicyclic) bond motifs is 1. The van der Waals surface area contributed by atoms with E-state index in [2.05, 4.69) is 0 Å². The van der Waals surface area contributed by atoms with Gasteiger partial charge in [-0.3, -0.25) is 9.59 Å². The highest BCUT2D eigenvalue weighted by atomic mass is 16.5. The lowest BCUT2D eigenvalue weighted by atomic mass is 9.81. The van der Waals surface area contributed by atoms with Gasteiger partial charge in [-0.2, -0.15) is 0 Å². The number of hydrogen-bond donors (Lipinski definition) is 1. The van der Waals surface area contributed by atoms with Crippen LogP contribution in [-0.4, -0.2) is 22.3 Å². The molecule has 0 fully saturated rings. The van der Waals surface area contributed by atoms with Crippen LogP contribution in [0.25, 0.3) is 0 Å². The summed E-state index contributed by atoms with van der Waals surface area (Å²) >= 11 is 0. The third-order valence-corrected chi connectivity index (χ3v) is 2.49. The first-order valence-corrected chi connectivity index (χ1v) is 4.52. The highest BCUT2D eigenvalue weighted by Gasteiger charge is 2.44. The first-order valence-electron chi connectivity index (χ1n) is 4.52. The summed E-state index contributed by atoms with van der Waals surface area (Å²) in [5.41, 5.74) is -1.22. The van der Waals surface area contributed by atoms with E-state index in [-0.39, 0.29) is 5.57 Å². The number of ether oxygens (including phenoxy) is 1. The molecule has 1 N–H and O–H groups in total. The molecule has 1 heterocycles. The van der Waals surface area contributed by atoms with Crippen LogP contribution < -0.4 is 0 Å². The van der Waals surface area contributed by atoms with Crippen molar-refractivity contribution in [3.63, 3.8) is 0 Å². The van der Waals surface area contributed by atoms with E-state index in [1.165, 1.54) is 19.3 Å². The van der Waals surface area contributed by atoms with E-state index in [9.17, 15) is 14.7 Å². The molecular weight excluding hydrogens is 196 g/mol. The van der Waals surface area contributed by atoms with Gasteiger partial charge in [-0.15, -0.1) is 0 Å². The molecule has 0 aromatic carbocycles. The van der Waals surface area contributed by atoms with E-state index in [1.807, 2.05) is 0 Å². The molecule has 1 aliphatic carbocycles. The maximum atomic E-state index is 11.7. The Morgan fingerprint density at radius 2 is 2.00 bits per heavy atom. The summed E-state index contributed by atoms with van der Waals surface area (Å²) in [4.78, 5) is 23.2. The molecule has 0 amide bonds. The molecule has 0 radical (unpaired) electrons. The van der Waals surface area contributed by atoms with Gasteiger partial charge in [-0.25, -0.2) is 0 Å². The summed E-state index contributed by atoms with van der Waals surface area (Å²) in [6, 6.07) is 0. The van der Waals surface area contributed by atoms with Crippen LogP contribution in [-0.2, 0) is 14.3 Å². The van der Waals surface area contributed by atoms with Crippen LogP contribution in [0.2, 0.25) is 0 Å². The Labute approximate surface area is 86.5 Å². The zero-order chi connectivity index (χ0) is 11.2. The van der Waals surface area contributed by atoms with Crippen molar-refractivity contribution in [1.82, 2.24) is 0 Å². The van der Waals surface area contributed by atoms with E-state index in [1.54, 1.807) is 13.0 Å². The van der Waals surface area contributed by atoms with Crippen molar-refractivity contribution in [3.8, 4) is 0 Å². The van der Waals surface area contributed by atoms with Crippen LogP contribution in [0.4, 0.5) is 0 Å². The molecule has 4 heteroatoms. The fourth-order valence-electron chi connectivity index (χ4n) is 1.51. The SMILES string of the molecule is CC1=CC2=CC(=O)[C@@](C)(O)C(=O)C2=CO1. The van der Waals surface area contributed by atoms with E-state index >= 15 is 0 Å². The second-order valence-electron chi connectivity index (χ2n) is 3.77. The zero-order valence-corrected chi connectivity index (χ0v) is 8.40. The molecule has 0 unspecified atom stereocenters. The molecule has 4 nitrogen and oxygen atoms in total. The molecule has 0 bridgehead atoms. The highest BCUT2D eigenvalue weighted by Crippen LogP contribution is 2.30. The van der Waals surface area contributed by atoms with Crippen molar-refractivity contribution in [1.29, 1.82) is 0 Å². The van der Waals surface area contributed by atoms with Crippen molar-refractivity contribution in [3.05, 3.63) is 35.3 Å². The van der Waals surface area contributed by atoms with Gasteiger partial charge in [0.2, 0.25) is 5.78 Å². The molecule has 0 saturated heterocycles. The number of carbonyl (C=O) groups is 2. The second kappa shape index (κ2) is 2.90. The van der Waals surface area contributed by atoms with Crippen LogP contribution in [0.15, 0.2) is 35.3 Å². The third-order valence-electron chi connectivity index (χ3n) is 2.49. The Bertz CT molecular complexity index is 449. The Hall–Kier alpha value is -1.68. The molecule has 0 aromatic heterocycles. The van der Waals surface area contributed by atoms with Gasteiger partial charge in [0.25, 0.3) is 0 Å². The maximum Gasteiger partial charge on any atom is 0.205 e. The van der Waals surface area contributed by atoms with Gasteiger partial charge >= 0.3 is 0 Å². The average Bonchev–Trinajstić information content (AvgIpc) is 2.15. The number of carbonyl (C=O) groups excluding carboxylic acids is 2. The minimum absolute atomic E-state index is 0.241. The first-order chi connectivity index (χ1) is 6.93.